The molecule has 1 fully saturated rings. The maximum Gasteiger partial charge on any atom is 0.322 e. The summed E-state index contributed by atoms with van der Waals surface area (Å²) >= 11 is 6.13. The third-order valence-corrected chi connectivity index (χ3v) is 4.49. The molecule has 0 bridgehead atoms. The normalized spacial score (nSPS) is 19.6. The monoisotopic (exact) mass is 380 g/mol. The molecule has 2 heterocycles. The Bertz CT molecular complexity index is 842. The SMILES string of the molecule is Cc1ccc(NC(=O)N2CC(F)CC2Cn2cc(C(N)=O)nn2)c(Cl)c1. The van der Waals surface area contributed by atoms with Crippen LogP contribution in [0, 0.1) is 6.92 Å². The minimum Gasteiger partial charge on any atom is -0.364 e. The van der Waals surface area contributed by atoms with Crippen LogP contribution in [0.2, 0.25) is 5.02 Å². The van der Waals surface area contributed by atoms with Crippen LogP contribution >= 0.6 is 11.6 Å². The van der Waals surface area contributed by atoms with E-state index >= 15 is 0 Å². The van der Waals surface area contributed by atoms with Crippen LogP contribution in [0.1, 0.15) is 22.5 Å². The van der Waals surface area contributed by atoms with Crippen LogP contribution in [0.4, 0.5) is 14.9 Å². The number of likely N-dealkylation sites (tertiary alicyclic amines) is 1. The second-order valence-electron chi connectivity index (χ2n) is 6.24. The number of hydrogen-bond donors (Lipinski definition) is 2. The van der Waals surface area contributed by atoms with E-state index in [0.717, 1.165) is 5.56 Å². The molecule has 3 rings (SSSR count). The van der Waals surface area contributed by atoms with Gasteiger partial charge in [0.25, 0.3) is 5.91 Å². The molecule has 10 heteroatoms. The number of nitrogens with one attached hydrogen (secondary N) is 1. The lowest BCUT2D eigenvalue weighted by atomic mass is 10.2. The highest BCUT2D eigenvalue weighted by molar-refractivity contribution is 6.33. The maximum absolute atomic E-state index is 13.9. The van der Waals surface area contributed by atoms with E-state index in [1.54, 1.807) is 12.1 Å². The fraction of sp³-hybridized carbons (Fsp3) is 0.375. The lowest BCUT2D eigenvalue weighted by Gasteiger charge is -2.24. The van der Waals surface area contributed by atoms with E-state index in [1.807, 2.05) is 13.0 Å². The Morgan fingerprint density at radius 2 is 2.23 bits per heavy atom. The van der Waals surface area contributed by atoms with Crippen molar-refractivity contribution >= 4 is 29.2 Å². The molecule has 0 radical (unpaired) electrons. The first-order valence-electron chi connectivity index (χ1n) is 8.01. The Kier molecular flexibility index (Phi) is 5.08. The summed E-state index contributed by atoms with van der Waals surface area (Å²) in [5.41, 5.74) is 6.58. The highest BCUT2D eigenvalue weighted by Crippen LogP contribution is 2.26. The van der Waals surface area contributed by atoms with Crippen molar-refractivity contribution in [3.05, 3.63) is 40.7 Å². The van der Waals surface area contributed by atoms with Crippen LogP contribution in [-0.4, -0.2) is 50.6 Å². The minimum absolute atomic E-state index is 0.0160. The second-order valence-corrected chi connectivity index (χ2v) is 6.65. The number of anilines is 1. The molecule has 8 nitrogen and oxygen atoms in total. The van der Waals surface area contributed by atoms with Crippen LogP contribution in [-0.2, 0) is 6.54 Å². The summed E-state index contributed by atoms with van der Waals surface area (Å²) in [5.74, 6) is -0.699. The first-order chi connectivity index (χ1) is 12.3. The Morgan fingerprint density at radius 1 is 1.46 bits per heavy atom. The molecule has 2 atom stereocenters. The van der Waals surface area contributed by atoms with Crippen molar-refractivity contribution in [2.75, 3.05) is 11.9 Å². The van der Waals surface area contributed by atoms with Gasteiger partial charge in [0.05, 0.1) is 36.0 Å². The van der Waals surface area contributed by atoms with Crippen molar-refractivity contribution in [2.24, 2.45) is 5.73 Å². The fourth-order valence-electron chi connectivity index (χ4n) is 2.91. The molecule has 2 unspecified atom stereocenters. The number of aromatic nitrogens is 3. The summed E-state index contributed by atoms with van der Waals surface area (Å²) < 4.78 is 15.3. The quantitative estimate of drug-likeness (QED) is 0.845. The number of nitrogens with zero attached hydrogens (tertiary/aromatic N) is 4. The molecule has 0 spiro atoms. The maximum atomic E-state index is 13.9. The van der Waals surface area contributed by atoms with Gasteiger partial charge in [0, 0.05) is 6.42 Å². The molecule has 1 saturated heterocycles. The summed E-state index contributed by atoms with van der Waals surface area (Å²) in [7, 11) is 0. The van der Waals surface area contributed by atoms with Crippen LogP contribution in [0.5, 0.6) is 0 Å². The first-order valence-corrected chi connectivity index (χ1v) is 8.39. The number of carbonyl (C=O) groups is 2. The zero-order valence-corrected chi connectivity index (χ0v) is 14.8. The van der Waals surface area contributed by atoms with Crippen molar-refractivity contribution in [3.63, 3.8) is 0 Å². The van der Waals surface area contributed by atoms with Gasteiger partial charge in [-0.3, -0.25) is 4.79 Å². The molecule has 138 valence electrons. The number of benzene rings is 1. The average Bonchev–Trinajstić information content (AvgIpc) is 3.17. The topological polar surface area (TPSA) is 106 Å². The molecule has 1 aromatic heterocycles. The molecule has 26 heavy (non-hydrogen) atoms. The number of nitrogens with two attached hydrogens (primary N) is 1. The van der Waals surface area contributed by atoms with Crippen molar-refractivity contribution in [3.8, 4) is 0 Å². The van der Waals surface area contributed by atoms with Gasteiger partial charge in [-0.1, -0.05) is 22.9 Å². The number of alkyl halides is 1. The van der Waals surface area contributed by atoms with Crippen LogP contribution in [0.15, 0.2) is 24.4 Å². The van der Waals surface area contributed by atoms with E-state index in [1.165, 1.54) is 15.8 Å². The Balaban J connectivity index is 1.71. The van der Waals surface area contributed by atoms with Crippen LogP contribution in [0.25, 0.3) is 0 Å². The number of amides is 3. The highest BCUT2D eigenvalue weighted by atomic mass is 35.5. The van der Waals surface area contributed by atoms with Crippen LogP contribution < -0.4 is 11.1 Å². The summed E-state index contributed by atoms with van der Waals surface area (Å²) in [5, 5.41) is 10.6. The molecule has 2 aromatic rings. The van der Waals surface area contributed by atoms with E-state index in [4.69, 9.17) is 17.3 Å². The molecular weight excluding hydrogens is 363 g/mol. The Labute approximate surface area is 154 Å². The minimum atomic E-state index is -1.14. The first kappa shape index (κ1) is 18.1. The van der Waals surface area contributed by atoms with E-state index in [2.05, 4.69) is 15.6 Å². The van der Waals surface area contributed by atoms with Gasteiger partial charge in [-0.25, -0.2) is 13.9 Å². The Morgan fingerprint density at radius 3 is 2.88 bits per heavy atom. The number of urea groups is 1. The number of hydrogen-bond acceptors (Lipinski definition) is 4. The summed E-state index contributed by atoms with van der Waals surface area (Å²) in [6, 6.07) is 4.37. The summed E-state index contributed by atoms with van der Waals surface area (Å²) in [6.07, 6.45) is 0.403. The van der Waals surface area contributed by atoms with Gasteiger partial charge < -0.3 is 16.0 Å². The zero-order chi connectivity index (χ0) is 18.8. The van der Waals surface area contributed by atoms with E-state index in [0.29, 0.717) is 10.7 Å². The van der Waals surface area contributed by atoms with Crippen molar-refractivity contribution < 1.29 is 14.0 Å². The Hall–Kier alpha value is -2.68. The lowest BCUT2D eigenvalue weighted by Crippen LogP contribution is -2.41. The van der Waals surface area contributed by atoms with Crippen molar-refractivity contribution in [2.45, 2.75) is 32.1 Å². The number of carbonyl (C=O) groups excluding carboxylic acids is 2. The van der Waals surface area contributed by atoms with Crippen molar-refractivity contribution in [1.82, 2.24) is 19.9 Å². The third-order valence-electron chi connectivity index (χ3n) is 4.18. The molecule has 1 aliphatic heterocycles. The highest BCUT2D eigenvalue weighted by Gasteiger charge is 2.36. The molecular formula is C16H18ClFN6O2. The average molecular weight is 381 g/mol. The summed E-state index contributed by atoms with van der Waals surface area (Å²) in [4.78, 5) is 25.1. The molecule has 0 aliphatic carbocycles. The molecule has 1 aromatic carbocycles. The fourth-order valence-corrected chi connectivity index (χ4v) is 3.19. The molecule has 0 saturated carbocycles. The van der Waals surface area contributed by atoms with Gasteiger partial charge >= 0.3 is 6.03 Å². The third kappa shape index (κ3) is 3.93. The zero-order valence-electron chi connectivity index (χ0n) is 14.0. The van der Waals surface area contributed by atoms with Crippen LogP contribution in [0.3, 0.4) is 0 Å². The molecule has 3 amide bonds. The number of rotatable bonds is 4. The van der Waals surface area contributed by atoms with Gasteiger partial charge in [-0.15, -0.1) is 5.10 Å². The van der Waals surface area contributed by atoms with E-state index in [9.17, 15) is 14.0 Å². The molecule has 1 aliphatic rings. The number of primary amides is 1. The number of halogens is 2. The van der Waals surface area contributed by atoms with Gasteiger partial charge in [-0.05, 0) is 24.6 Å². The predicted octanol–water partition coefficient (Wildman–Crippen LogP) is 1.98. The van der Waals surface area contributed by atoms with Gasteiger partial charge in [0.1, 0.15) is 6.17 Å². The smallest absolute Gasteiger partial charge is 0.322 e. The van der Waals surface area contributed by atoms with Gasteiger partial charge in [-0.2, -0.15) is 0 Å². The van der Waals surface area contributed by atoms with Crippen molar-refractivity contribution in [1.29, 1.82) is 0 Å². The second kappa shape index (κ2) is 7.28. The van der Waals surface area contributed by atoms with Gasteiger partial charge in [0.2, 0.25) is 0 Å². The lowest BCUT2D eigenvalue weighted by molar-refractivity contribution is 0.0995. The standard InChI is InChI=1S/C16H18ClFN6O2/c1-9-2-3-13(12(17)4-9)20-16(26)24-6-10(18)5-11(24)7-23-8-14(15(19)25)21-22-23/h2-4,8,10-11H,5-7H2,1H3,(H2,19,25)(H,20,26). The molecule has 3 N–H and O–H groups in total. The largest absolute Gasteiger partial charge is 0.364 e. The number of aryl methyl sites for hydroxylation is 1. The summed E-state index contributed by atoms with van der Waals surface area (Å²) in [6.45, 7) is 2.06. The predicted molar refractivity (Wildman–Crippen MR) is 93.8 cm³/mol. The van der Waals surface area contributed by atoms with E-state index < -0.39 is 24.2 Å². The van der Waals surface area contributed by atoms with Gasteiger partial charge in [0.15, 0.2) is 5.69 Å². The van der Waals surface area contributed by atoms with E-state index in [-0.39, 0.29) is 25.2 Å².